The minimum Gasteiger partial charge on any atom is -0.379 e. The van der Waals surface area contributed by atoms with E-state index in [0.29, 0.717) is 25.7 Å². The Labute approximate surface area is 160 Å². The number of nitrogens with one attached hydrogen (secondary N) is 1. The zero-order valence-corrected chi connectivity index (χ0v) is 17.1. The van der Waals surface area contributed by atoms with Crippen LogP contribution in [0.2, 0.25) is 5.02 Å². The van der Waals surface area contributed by atoms with E-state index in [0.717, 1.165) is 25.8 Å². The second kappa shape index (κ2) is 9.17. The number of carbonyl (C=O) groups excluding carboxylic acids is 1. The third-order valence-corrected chi connectivity index (χ3v) is 5.85. The molecule has 0 radical (unpaired) electrons. The van der Waals surface area contributed by atoms with Gasteiger partial charge in [-0.15, -0.1) is 0 Å². The summed E-state index contributed by atoms with van der Waals surface area (Å²) in [5, 5.41) is 3.16. The fraction of sp³-hybridized carbons (Fsp3) is 0.611. The molecule has 1 aromatic rings. The topological polar surface area (TPSA) is 75.7 Å². The first-order chi connectivity index (χ1) is 12.2. The first kappa shape index (κ1) is 21.2. The van der Waals surface area contributed by atoms with Crippen LogP contribution >= 0.6 is 11.6 Å². The minimum absolute atomic E-state index is 0.0824. The Balaban J connectivity index is 2.09. The maximum Gasteiger partial charge on any atom is 0.252 e. The van der Waals surface area contributed by atoms with E-state index in [4.69, 9.17) is 16.3 Å². The van der Waals surface area contributed by atoms with Gasteiger partial charge in [0.05, 0.1) is 28.7 Å². The summed E-state index contributed by atoms with van der Waals surface area (Å²) in [4.78, 5) is 15.0. The normalized spacial score (nSPS) is 17.3. The molecule has 26 heavy (non-hydrogen) atoms. The summed E-state index contributed by atoms with van der Waals surface area (Å²) in [6, 6.07) is 4.39. The molecule has 1 amide bonds. The molecular weight excluding hydrogens is 376 g/mol. The quantitative estimate of drug-likeness (QED) is 0.756. The van der Waals surface area contributed by atoms with Gasteiger partial charge in [-0.25, -0.2) is 8.42 Å². The Morgan fingerprint density at radius 2 is 1.96 bits per heavy atom. The van der Waals surface area contributed by atoms with Crippen LogP contribution in [0.4, 0.5) is 0 Å². The lowest BCUT2D eigenvalue weighted by atomic mass is 10.0. The average molecular weight is 403 g/mol. The summed E-state index contributed by atoms with van der Waals surface area (Å²) in [6.07, 6.45) is 2.06. The molecule has 0 spiro atoms. The van der Waals surface area contributed by atoms with Crippen molar-refractivity contribution in [3.05, 3.63) is 28.8 Å². The summed E-state index contributed by atoms with van der Waals surface area (Å²) >= 11 is 6.11. The number of halogens is 1. The van der Waals surface area contributed by atoms with Gasteiger partial charge in [-0.05, 0) is 30.5 Å². The number of amides is 1. The molecule has 0 saturated carbocycles. The van der Waals surface area contributed by atoms with Crippen molar-refractivity contribution in [2.24, 2.45) is 5.92 Å². The highest BCUT2D eigenvalue weighted by atomic mass is 35.5. The van der Waals surface area contributed by atoms with E-state index in [1.54, 1.807) is 0 Å². The molecule has 1 aliphatic rings. The first-order valence-electron chi connectivity index (χ1n) is 8.78. The highest BCUT2D eigenvalue weighted by Crippen LogP contribution is 2.21. The van der Waals surface area contributed by atoms with Crippen LogP contribution < -0.4 is 5.32 Å². The van der Waals surface area contributed by atoms with E-state index in [1.807, 2.05) is 0 Å². The van der Waals surface area contributed by atoms with Gasteiger partial charge in [0.1, 0.15) is 0 Å². The van der Waals surface area contributed by atoms with E-state index >= 15 is 0 Å². The number of hydrogen-bond acceptors (Lipinski definition) is 5. The largest absolute Gasteiger partial charge is 0.379 e. The third-order valence-electron chi connectivity index (χ3n) is 4.41. The zero-order chi connectivity index (χ0) is 19.3. The van der Waals surface area contributed by atoms with Crippen LogP contribution in [-0.4, -0.2) is 64.4 Å². The van der Waals surface area contributed by atoms with E-state index in [9.17, 15) is 13.2 Å². The highest BCUT2D eigenvalue weighted by Gasteiger charge is 2.23. The van der Waals surface area contributed by atoms with Crippen LogP contribution in [0.3, 0.4) is 0 Å². The average Bonchev–Trinajstić information content (AvgIpc) is 2.58. The Hall–Kier alpha value is -1.15. The van der Waals surface area contributed by atoms with Crippen molar-refractivity contribution in [2.45, 2.75) is 31.2 Å². The Kier molecular flexibility index (Phi) is 7.46. The number of ether oxygens (including phenoxy) is 1. The molecule has 1 saturated heterocycles. The molecular formula is C18H27ClN2O4S. The number of sulfone groups is 1. The number of benzene rings is 1. The highest BCUT2D eigenvalue weighted by molar-refractivity contribution is 7.90. The van der Waals surface area contributed by atoms with E-state index in [-0.39, 0.29) is 27.4 Å². The summed E-state index contributed by atoms with van der Waals surface area (Å²) in [6.45, 7) is 7.88. The van der Waals surface area contributed by atoms with Gasteiger partial charge < -0.3 is 10.1 Å². The summed E-state index contributed by atoms with van der Waals surface area (Å²) in [5.41, 5.74) is 0.180. The maximum absolute atomic E-state index is 12.6. The van der Waals surface area contributed by atoms with Gasteiger partial charge >= 0.3 is 0 Å². The number of hydrogen-bond donors (Lipinski definition) is 1. The molecule has 0 aromatic heterocycles. The van der Waals surface area contributed by atoms with Gasteiger partial charge in [0, 0.05) is 31.9 Å². The van der Waals surface area contributed by atoms with Crippen molar-refractivity contribution in [3.8, 4) is 0 Å². The fourth-order valence-electron chi connectivity index (χ4n) is 3.06. The van der Waals surface area contributed by atoms with E-state index in [2.05, 4.69) is 24.1 Å². The molecule has 1 heterocycles. The first-order valence-corrected chi connectivity index (χ1v) is 11.0. The van der Waals surface area contributed by atoms with Crippen molar-refractivity contribution in [2.75, 3.05) is 39.1 Å². The summed E-state index contributed by atoms with van der Waals surface area (Å²) in [5.74, 6) is 0.138. The van der Waals surface area contributed by atoms with Crippen LogP contribution in [-0.2, 0) is 14.6 Å². The molecule has 8 heteroatoms. The van der Waals surface area contributed by atoms with Gasteiger partial charge in [-0.1, -0.05) is 25.4 Å². The van der Waals surface area contributed by atoms with Gasteiger partial charge in [0.25, 0.3) is 5.91 Å². The predicted octanol–water partition coefficient (Wildman–Crippen LogP) is 2.22. The molecule has 6 nitrogen and oxygen atoms in total. The smallest absolute Gasteiger partial charge is 0.252 e. The fourth-order valence-corrected chi connectivity index (χ4v) is 3.91. The number of morpholine rings is 1. The van der Waals surface area contributed by atoms with Crippen molar-refractivity contribution >= 4 is 27.3 Å². The lowest BCUT2D eigenvalue weighted by molar-refractivity contribution is 0.0124. The molecule has 1 atom stereocenters. The summed E-state index contributed by atoms with van der Waals surface area (Å²) < 4.78 is 28.8. The Morgan fingerprint density at radius 1 is 1.31 bits per heavy atom. The molecule has 146 valence electrons. The Bertz CT molecular complexity index is 731. The number of rotatable bonds is 7. The zero-order valence-electron chi connectivity index (χ0n) is 15.5. The van der Waals surface area contributed by atoms with E-state index in [1.165, 1.54) is 18.2 Å². The second-order valence-electron chi connectivity index (χ2n) is 7.06. The lowest BCUT2D eigenvalue weighted by Crippen LogP contribution is -2.49. The van der Waals surface area contributed by atoms with Crippen LogP contribution in [0, 0.1) is 5.92 Å². The lowest BCUT2D eigenvalue weighted by Gasteiger charge is -2.35. The molecule has 0 bridgehead atoms. The van der Waals surface area contributed by atoms with Crippen LogP contribution in [0.5, 0.6) is 0 Å². The third kappa shape index (κ3) is 5.94. The summed E-state index contributed by atoms with van der Waals surface area (Å²) in [7, 11) is -3.40. The van der Waals surface area contributed by atoms with Crippen molar-refractivity contribution in [3.63, 3.8) is 0 Å². The van der Waals surface area contributed by atoms with Crippen LogP contribution in [0.1, 0.15) is 30.6 Å². The Morgan fingerprint density at radius 3 is 2.54 bits per heavy atom. The van der Waals surface area contributed by atoms with Crippen molar-refractivity contribution in [1.29, 1.82) is 0 Å². The maximum atomic E-state index is 12.6. The molecule has 2 rings (SSSR count). The molecule has 0 aliphatic carbocycles. The molecule has 1 N–H and O–H groups in total. The van der Waals surface area contributed by atoms with Gasteiger partial charge in [0.15, 0.2) is 9.84 Å². The number of carbonyl (C=O) groups is 1. The van der Waals surface area contributed by atoms with Crippen molar-refractivity contribution < 1.29 is 17.9 Å². The van der Waals surface area contributed by atoms with Gasteiger partial charge in [-0.3, -0.25) is 9.69 Å². The predicted molar refractivity (Wildman–Crippen MR) is 103 cm³/mol. The standard InChI is InChI=1S/C18H27ClN2O4S/c1-13(2)10-14(21-6-8-25-9-7-21)12-20-18(22)16-11-15(26(3,23)24)4-5-17(16)19/h4-5,11,13-14H,6-10,12H2,1-3H3,(H,20,22). The van der Waals surface area contributed by atoms with Crippen LogP contribution in [0.15, 0.2) is 23.1 Å². The van der Waals surface area contributed by atoms with Crippen LogP contribution in [0.25, 0.3) is 0 Å². The monoisotopic (exact) mass is 402 g/mol. The molecule has 1 fully saturated rings. The number of nitrogens with zero attached hydrogens (tertiary/aromatic N) is 1. The van der Waals surface area contributed by atoms with E-state index < -0.39 is 9.84 Å². The molecule has 1 aliphatic heterocycles. The SMILES string of the molecule is CC(C)CC(CNC(=O)c1cc(S(C)(=O)=O)ccc1Cl)N1CCOCC1. The second-order valence-corrected chi connectivity index (χ2v) is 9.48. The van der Waals surface area contributed by atoms with Crippen molar-refractivity contribution in [1.82, 2.24) is 10.2 Å². The minimum atomic E-state index is -3.40. The van der Waals surface area contributed by atoms with Gasteiger partial charge in [-0.2, -0.15) is 0 Å². The molecule has 1 unspecified atom stereocenters. The molecule has 1 aromatic carbocycles. The van der Waals surface area contributed by atoms with Gasteiger partial charge in [0.2, 0.25) is 0 Å².